The molecule has 0 spiro atoms. The number of rotatable bonds is 5. The normalized spacial score (nSPS) is 12.0. The highest BCUT2D eigenvalue weighted by atomic mass is 32.2. The molecule has 0 amide bonds. The summed E-state index contributed by atoms with van der Waals surface area (Å²) in [6.45, 7) is 8.29. The summed E-state index contributed by atoms with van der Waals surface area (Å²) in [5, 5.41) is 3.14. The van der Waals surface area contributed by atoms with E-state index in [1.165, 1.54) is 6.07 Å². The Morgan fingerprint density at radius 2 is 2.00 bits per heavy atom. The molecule has 0 aliphatic carbocycles. The second-order valence-corrected chi connectivity index (χ2v) is 6.77. The largest absolute Gasteiger partial charge is 0.447 e. The van der Waals surface area contributed by atoms with Crippen LogP contribution in [-0.4, -0.2) is 20.5 Å². The van der Waals surface area contributed by atoms with Gasteiger partial charge in [0.05, 0.1) is 13.1 Å². The minimum atomic E-state index is -3.61. The van der Waals surface area contributed by atoms with Gasteiger partial charge in [-0.3, -0.25) is 0 Å². The molecule has 0 bridgehead atoms. The van der Waals surface area contributed by atoms with Crippen LogP contribution in [0.5, 0.6) is 0 Å². The maximum atomic E-state index is 11.8. The molecule has 0 aliphatic heterocycles. The number of hydrogen-bond acceptors (Lipinski definition) is 4. The van der Waals surface area contributed by atoms with E-state index in [-0.39, 0.29) is 17.2 Å². The molecule has 0 atom stereocenters. The zero-order chi connectivity index (χ0) is 14.5. The molecule has 6 heteroatoms. The van der Waals surface area contributed by atoms with E-state index in [0.717, 1.165) is 0 Å². The van der Waals surface area contributed by atoms with Crippen LogP contribution in [0, 0.1) is 11.8 Å². The maximum absolute atomic E-state index is 11.8. The van der Waals surface area contributed by atoms with Gasteiger partial charge in [0, 0.05) is 5.54 Å². The zero-order valence-electron chi connectivity index (χ0n) is 11.7. The fourth-order valence-corrected chi connectivity index (χ4v) is 2.11. The molecule has 0 aliphatic rings. The number of furan rings is 1. The molecule has 1 aromatic rings. The smallest absolute Gasteiger partial charge is 0.274 e. The van der Waals surface area contributed by atoms with Gasteiger partial charge in [-0.05, 0) is 39.8 Å². The third kappa shape index (κ3) is 5.47. The summed E-state index contributed by atoms with van der Waals surface area (Å²) >= 11 is 0. The highest BCUT2D eigenvalue weighted by Crippen LogP contribution is 2.14. The molecular formula is C13H20N2O3S. The summed E-state index contributed by atoms with van der Waals surface area (Å²) in [5.41, 5.74) is -0.0548. The van der Waals surface area contributed by atoms with Crippen LogP contribution in [0.25, 0.3) is 0 Å². The summed E-state index contributed by atoms with van der Waals surface area (Å²) < 4.78 is 31.3. The van der Waals surface area contributed by atoms with Gasteiger partial charge in [0.25, 0.3) is 10.0 Å². The molecule has 0 aromatic carbocycles. The Kier molecular flexibility index (Phi) is 5.18. The van der Waals surface area contributed by atoms with E-state index < -0.39 is 10.0 Å². The molecular weight excluding hydrogens is 264 g/mol. The van der Waals surface area contributed by atoms with Gasteiger partial charge in [0.1, 0.15) is 5.76 Å². The molecule has 0 saturated carbocycles. The lowest BCUT2D eigenvalue weighted by molar-refractivity contribution is 0.359. The predicted octanol–water partition coefficient (Wildman–Crippen LogP) is 1.47. The van der Waals surface area contributed by atoms with Gasteiger partial charge in [-0.25, -0.2) is 8.42 Å². The van der Waals surface area contributed by atoms with Crippen LogP contribution >= 0.6 is 0 Å². The number of nitrogens with one attached hydrogen (secondary N) is 2. The molecule has 5 nitrogen and oxygen atoms in total. The molecule has 2 N–H and O–H groups in total. The first-order valence-electron chi connectivity index (χ1n) is 5.97. The van der Waals surface area contributed by atoms with E-state index in [1.807, 2.05) is 20.8 Å². The Labute approximate surface area is 114 Å². The lowest BCUT2D eigenvalue weighted by atomic mass is 10.1. The van der Waals surface area contributed by atoms with Crippen molar-refractivity contribution in [2.24, 2.45) is 0 Å². The fraction of sp³-hybridized carbons (Fsp3) is 0.538. The van der Waals surface area contributed by atoms with Crippen molar-refractivity contribution in [3.05, 3.63) is 17.9 Å². The third-order valence-corrected chi connectivity index (χ3v) is 3.50. The molecule has 0 radical (unpaired) electrons. The van der Waals surface area contributed by atoms with Crippen LogP contribution in [0.4, 0.5) is 0 Å². The topological polar surface area (TPSA) is 71.3 Å². The summed E-state index contributed by atoms with van der Waals surface area (Å²) in [6, 6.07) is 3.10. The standard InChI is InChI=1S/C13H20N2O3S/c1-5-6-9-15-19(16,17)12-8-7-11(18-12)10-14-13(2,3)4/h7-8,14-15H,9-10H2,1-4H3. The van der Waals surface area contributed by atoms with Gasteiger partial charge in [-0.1, -0.05) is 5.92 Å². The Hall–Kier alpha value is -1.29. The van der Waals surface area contributed by atoms with Crippen LogP contribution in [-0.2, 0) is 16.6 Å². The van der Waals surface area contributed by atoms with E-state index in [0.29, 0.717) is 12.3 Å². The van der Waals surface area contributed by atoms with Gasteiger partial charge < -0.3 is 9.73 Å². The van der Waals surface area contributed by atoms with Crippen LogP contribution < -0.4 is 10.0 Å². The average Bonchev–Trinajstić information content (AvgIpc) is 2.75. The second-order valence-electron chi connectivity index (χ2n) is 5.08. The summed E-state index contributed by atoms with van der Waals surface area (Å²) in [5.74, 6) is 5.83. The SMILES string of the molecule is CC#CCNS(=O)(=O)c1ccc(CNC(C)(C)C)o1. The highest BCUT2D eigenvalue weighted by molar-refractivity contribution is 7.89. The lowest BCUT2D eigenvalue weighted by Gasteiger charge is -2.19. The van der Waals surface area contributed by atoms with Crippen LogP contribution in [0.3, 0.4) is 0 Å². The number of hydrogen-bond donors (Lipinski definition) is 2. The van der Waals surface area contributed by atoms with E-state index >= 15 is 0 Å². The average molecular weight is 284 g/mol. The maximum Gasteiger partial charge on any atom is 0.274 e. The fourth-order valence-electron chi connectivity index (χ4n) is 1.24. The van der Waals surface area contributed by atoms with Gasteiger partial charge in [0.2, 0.25) is 5.09 Å². The van der Waals surface area contributed by atoms with Crippen molar-refractivity contribution in [3.63, 3.8) is 0 Å². The van der Waals surface area contributed by atoms with E-state index in [1.54, 1.807) is 13.0 Å². The van der Waals surface area contributed by atoms with Gasteiger partial charge in [-0.2, -0.15) is 4.72 Å². The third-order valence-electron chi connectivity index (χ3n) is 2.22. The first kappa shape index (κ1) is 15.8. The van der Waals surface area contributed by atoms with Crippen molar-refractivity contribution in [1.29, 1.82) is 0 Å². The molecule has 1 heterocycles. The van der Waals surface area contributed by atoms with Crippen molar-refractivity contribution in [2.45, 2.75) is 44.9 Å². The Morgan fingerprint density at radius 3 is 2.58 bits per heavy atom. The van der Waals surface area contributed by atoms with Crippen molar-refractivity contribution >= 4 is 10.0 Å². The summed E-state index contributed by atoms with van der Waals surface area (Å²) in [7, 11) is -3.61. The van der Waals surface area contributed by atoms with Gasteiger partial charge in [0.15, 0.2) is 0 Å². The summed E-state index contributed by atoms with van der Waals surface area (Å²) in [6.07, 6.45) is 0. The highest BCUT2D eigenvalue weighted by Gasteiger charge is 2.18. The van der Waals surface area contributed by atoms with E-state index in [4.69, 9.17) is 4.42 Å². The van der Waals surface area contributed by atoms with Crippen molar-refractivity contribution in [3.8, 4) is 11.8 Å². The van der Waals surface area contributed by atoms with Crippen LogP contribution in [0.15, 0.2) is 21.6 Å². The predicted molar refractivity (Wildman–Crippen MR) is 73.9 cm³/mol. The van der Waals surface area contributed by atoms with Crippen molar-refractivity contribution < 1.29 is 12.8 Å². The minimum absolute atomic E-state index is 0.0548. The molecule has 0 saturated heterocycles. The van der Waals surface area contributed by atoms with Gasteiger partial charge in [-0.15, -0.1) is 5.92 Å². The monoisotopic (exact) mass is 284 g/mol. The molecule has 0 fully saturated rings. The van der Waals surface area contributed by atoms with Crippen LogP contribution in [0.2, 0.25) is 0 Å². The zero-order valence-corrected chi connectivity index (χ0v) is 12.5. The first-order valence-corrected chi connectivity index (χ1v) is 7.46. The minimum Gasteiger partial charge on any atom is -0.447 e. The molecule has 19 heavy (non-hydrogen) atoms. The van der Waals surface area contributed by atoms with Crippen LogP contribution in [0.1, 0.15) is 33.5 Å². The number of sulfonamides is 1. The second kappa shape index (κ2) is 6.24. The molecule has 106 valence electrons. The van der Waals surface area contributed by atoms with Crippen molar-refractivity contribution in [1.82, 2.24) is 10.0 Å². The quantitative estimate of drug-likeness (QED) is 0.803. The van der Waals surface area contributed by atoms with E-state index in [9.17, 15) is 8.42 Å². The summed E-state index contributed by atoms with van der Waals surface area (Å²) in [4.78, 5) is 0. The Bertz CT molecular complexity index is 571. The Morgan fingerprint density at radius 1 is 1.32 bits per heavy atom. The molecule has 1 rings (SSSR count). The molecule has 1 aromatic heterocycles. The Balaban J connectivity index is 2.70. The van der Waals surface area contributed by atoms with Crippen molar-refractivity contribution in [2.75, 3.05) is 6.54 Å². The molecule has 0 unspecified atom stereocenters. The van der Waals surface area contributed by atoms with Gasteiger partial charge >= 0.3 is 0 Å². The first-order chi connectivity index (χ1) is 8.74. The lowest BCUT2D eigenvalue weighted by Crippen LogP contribution is -2.34. The van der Waals surface area contributed by atoms with E-state index in [2.05, 4.69) is 21.9 Å².